The third kappa shape index (κ3) is 4.18. The molecule has 0 aliphatic carbocycles. The maximum absolute atomic E-state index is 13.6. The summed E-state index contributed by atoms with van der Waals surface area (Å²) in [5, 5.41) is 3.23. The van der Waals surface area contributed by atoms with Crippen LogP contribution in [0, 0.1) is 12.7 Å². The SMILES string of the molecule is Cc1cc(N2CCCCC2)nc(NCCc2ccccc2F)n1. The van der Waals surface area contributed by atoms with Gasteiger partial charge < -0.3 is 10.2 Å². The number of nitrogens with zero attached hydrogens (tertiary/aromatic N) is 3. The molecule has 0 amide bonds. The Morgan fingerprint density at radius 3 is 2.70 bits per heavy atom. The Morgan fingerprint density at radius 2 is 1.91 bits per heavy atom. The van der Waals surface area contributed by atoms with Crippen LogP contribution < -0.4 is 10.2 Å². The number of hydrogen-bond acceptors (Lipinski definition) is 4. The molecule has 0 atom stereocenters. The van der Waals surface area contributed by atoms with Gasteiger partial charge in [0.05, 0.1) is 0 Å². The highest BCUT2D eigenvalue weighted by Crippen LogP contribution is 2.19. The van der Waals surface area contributed by atoms with Gasteiger partial charge >= 0.3 is 0 Å². The molecule has 1 N–H and O–H groups in total. The van der Waals surface area contributed by atoms with Crippen LogP contribution in [0.1, 0.15) is 30.5 Å². The molecular weight excluding hydrogens is 291 g/mol. The van der Waals surface area contributed by atoms with Crippen LogP contribution in [-0.2, 0) is 6.42 Å². The molecule has 1 fully saturated rings. The standard InChI is InChI=1S/C18H23FN4/c1-14-13-17(23-11-5-2-6-12-23)22-18(21-14)20-10-9-15-7-3-4-8-16(15)19/h3-4,7-8,13H,2,5-6,9-12H2,1H3,(H,20,21,22). The van der Waals surface area contributed by atoms with Crippen molar-refractivity contribution in [2.24, 2.45) is 0 Å². The molecule has 23 heavy (non-hydrogen) atoms. The molecule has 3 rings (SSSR count). The second-order valence-electron chi connectivity index (χ2n) is 6.01. The average molecular weight is 314 g/mol. The van der Waals surface area contributed by atoms with E-state index in [2.05, 4.69) is 20.2 Å². The highest BCUT2D eigenvalue weighted by Gasteiger charge is 2.13. The maximum atomic E-state index is 13.6. The first-order chi connectivity index (χ1) is 11.2. The largest absolute Gasteiger partial charge is 0.356 e. The molecule has 2 aromatic rings. The highest BCUT2D eigenvalue weighted by atomic mass is 19.1. The number of anilines is 2. The Hall–Kier alpha value is -2.17. The second-order valence-corrected chi connectivity index (χ2v) is 6.01. The summed E-state index contributed by atoms with van der Waals surface area (Å²) < 4.78 is 13.6. The Labute approximate surface area is 136 Å². The zero-order valence-electron chi connectivity index (χ0n) is 13.6. The molecule has 0 radical (unpaired) electrons. The Balaban J connectivity index is 1.63. The van der Waals surface area contributed by atoms with Gasteiger partial charge in [-0.15, -0.1) is 0 Å². The summed E-state index contributed by atoms with van der Waals surface area (Å²) in [5.74, 6) is 1.46. The number of hydrogen-bond donors (Lipinski definition) is 1. The molecule has 1 aromatic heterocycles. The van der Waals surface area contributed by atoms with Gasteiger partial charge in [0, 0.05) is 31.4 Å². The van der Waals surface area contributed by atoms with E-state index in [4.69, 9.17) is 0 Å². The average Bonchev–Trinajstić information content (AvgIpc) is 2.57. The Morgan fingerprint density at radius 1 is 1.13 bits per heavy atom. The summed E-state index contributed by atoms with van der Waals surface area (Å²) in [5.41, 5.74) is 1.66. The van der Waals surface area contributed by atoms with Crippen LogP contribution in [0.3, 0.4) is 0 Å². The summed E-state index contributed by atoms with van der Waals surface area (Å²) in [6, 6.07) is 8.91. The predicted octanol–water partition coefficient (Wildman–Crippen LogP) is 3.57. The number of rotatable bonds is 5. The van der Waals surface area contributed by atoms with E-state index in [1.807, 2.05) is 25.1 Å². The molecule has 1 aliphatic heterocycles. The quantitative estimate of drug-likeness (QED) is 0.916. The lowest BCUT2D eigenvalue weighted by Gasteiger charge is -2.28. The van der Waals surface area contributed by atoms with Gasteiger partial charge in [0.25, 0.3) is 0 Å². The van der Waals surface area contributed by atoms with Crippen molar-refractivity contribution in [3.8, 4) is 0 Å². The smallest absolute Gasteiger partial charge is 0.224 e. The lowest BCUT2D eigenvalue weighted by molar-refractivity contribution is 0.573. The molecule has 122 valence electrons. The first-order valence-corrected chi connectivity index (χ1v) is 8.30. The number of aryl methyl sites for hydroxylation is 1. The van der Waals surface area contributed by atoms with Crippen molar-refractivity contribution < 1.29 is 4.39 Å². The van der Waals surface area contributed by atoms with Crippen molar-refractivity contribution in [3.05, 3.63) is 47.4 Å². The van der Waals surface area contributed by atoms with E-state index < -0.39 is 0 Å². The molecule has 0 spiro atoms. The minimum absolute atomic E-state index is 0.159. The molecular formula is C18H23FN4. The Bertz CT molecular complexity index is 653. The maximum Gasteiger partial charge on any atom is 0.224 e. The van der Waals surface area contributed by atoms with Crippen molar-refractivity contribution in [3.63, 3.8) is 0 Å². The van der Waals surface area contributed by atoms with Crippen LogP contribution in [0.5, 0.6) is 0 Å². The number of nitrogens with one attached hydrogen (secondary N) is 1. The minimum Gasteiger partial charge on any atom is -0.356 e. The molecule has 1 saturated heterocycles. The third-order valence-corrected chi connectivity index (χ3v) is 4.16. The van der Waals surface area contributed by atoms with Gasteiger partial charge in [-0.2, -0.15) is 4.98 Å². The van der Waals surface area contributed by atoms with Crippen molar-refractivity contribution in [2.75, 3.05) is 29.9 Å². The normalized spacial score (nSPS) is 14.8. The van der Waals surface area contributed by atoms with Gasteiger partial charge in [0.1, 0.15) is 11.6 Å². The molecule has 0 saturated carbocycles. The second kappa shape index (κ2) is 7.40. The fraction of sp³-hybridized carbons (Fsp3) is 0.444. The van der Waals surface area contributed by atoms with Crippen molar-refractivity contribution >= 4 is 11.8 Å². The summed E-state index contributed by atoms with van der Waals surface area (Å²) in [4.78, 5) is 11.4. The van der Waals surface area contributed by atoms with Crippen molar-refractivity contribution in [1.82, 2.24) is 9.97 Å². The van der Waals surface area contributed by atoms with Gasteiger partial charge in [0.2, 0.25) is 5.95 Å². The van der Waals surface area contributed by atoms with E-state index in [0.717, 1.165) is 24.6 Å². The summed E-state index contributed by atoms with van der Waals surface area (Å²) >= 11 is 0. The Kier molecular flexibility index (Phi) is 5.05. The number of halogens is 1. The fourth-order valence-electron chi connectivity index (χ4n) is 2.93. The van der Waals surface area contributed by atoms with Gasteiger partial charge in [-0.25, -0.2) is 9.37 Å². The van der Waals surface area contributed by atoms with Gasteiger partial charge in [-0.1, -0.05) is 18.2 Å². The lowest BCUT2D eigenvalue weighted by atomic mass is 10.1. The van der Waals surface area contributed by atoms with Crippen LogP contribution in [-0.4, -0.2) is 29.6 Å². The first kappa shape index (κ1) is 15.7. The van der Waals surface area contributed by atoms with E-state index in [9.17, 15) is 4.39 Å². The van der Waals surface area contributed by atoms with Gasteiger partial charge in [-0.3, -0.25) is 0 Å². The summed E-state index contributed by atoms with van der Waals surface area (Å²) in [6.45, 7) is 4.72. The van der Waals surface area contributed by atoms with Crippen LogP contribution in [0.15, 0.2) is 30.3 Å². The molecule has 0 unspecified atom stereocenters. The molecule has 4 nitrogen and oxygen atoms in total. The van der Waals surface area contributed by atoms with E-state index in [0.29, 0.717) is 24.5 Å². The van der Waals surface area contributed by atoms with Gasteiger partial charge in [-0.05, 0) is 44.2 Å². The molecule has 0 bridgehead atoms. The zero-order valence-corrected chi connectivity index (χ0v) is 13.6. The lowest BCUT2D eigenvalue weighted by Crippen LogP contribution is -2.30. The molecule has 1 aliphatic rings. The van der Waals surface area contributed by atoms with Crippen molar-refractivity contribution in [1.29, 1.82) is 0 Å². The van der Waals surface area contributed by atoms with Crippen LogP contribution >= 0.6 is 0 Å². The van der Waals surface area contributed by atoms with Crippen molar-refractivity contribution in [2.45, 2.75) is 32.6 Å². The minimum atomic E-state index is -0.159. The van der Waals surface area contributed by atoms with E-state index >= 15 is 0 Å². The predicted molar refractivity (Wildman–Crippen MR) is 91.4 cm³/mol. The monoisotopic (exact) mass is 314 g/mol. The van der Waals surface area contributed by atoms with Gasteiger partial charge in [0.15, 0.2) is 0 Å². The highest BCUT2D eigenvalue weighted by molar-refractivity contribution is 5.45. The third-order valence-electron chi connectivity index (χ3n) is 4.16. The van der Waals surface area contributed by atoms with E-state index in [1.165, 1.54) is 25.3 Å². The van der Waals surface area contributed by atoms with Crippen LogP contribution in [0.25, 0.3) is 0 Å². The number of benzene rings is 1. The molecule has 1 aromatic carbocycles. The molecule has 2 heterocycles. The zero-order chi connectivity index (χ0) is 16.1. The number of piperidine rings is 1. The fourth-order valence-corrected chi connectivity index (χ4v) is 2.93. The van der Waals surface area contributed by atoms with E-state index in [-0.39, 0.29) is 5.82 Å². The topological polar surface area (TPSA) is 41.1 Å². The summed E-state index contributed by atoms with van der Waals surface area (Å²) in [7, 11) is 0. The number of aromatic nitrogens is 2. The van der Waals surface area contributed by atoms with E-state index in [1.54, 1.807) is 6.07 Å². The molecule has 5 heteroatoms. The van der Waals surface area contributed by atoms with Crippen LogP contribution in [0.2, 0.25) is 0 Å². The van der Waals surface area contributed by atoms with Crippen LogP contribution in [0.4, 0.5) is 16.2 Å². The summed E-state index contributed by atoms with van der Waals surface area (Å²) in [6.07, 6.45) is 4.36. The first-order valence-electron chi connectivity index (χ1n) is 8.30.